The fourth-order valence-electron chi connectivity index (χ4n) is 2.70. The molecule has 146 valence electrons. The molecule has 0 atom stereocenters. The van der Waals surface area contributed by atoms with Crippen molar-refractivity contribution < 1.29 is 53.7 Å². The maximum Gasteiger partial charge on any atom is 1.00 e. The van der Waals surface area contributed by atoms with Crippen molar-refractivity contribution in [3.63, 3.8) is 0 Å². The third-order valence-electron chi connectivity index (χ3n) is 4.08. The predicted molar refractivity (Wildman–Crippen MR) is 99.5 cm³/mol. The Balaban J connectivity index is 0.00000300. The van der Waals surface area contributed by atoms with Gasteiger partial charge in [0.05, 0.1) is 6.61 Å². The van der Waals surface area contributed by atoms with Crippen LogP contribution in [0.25, 0.3) is 0 Å². The average molecular weight is 425 g/mol. The summed E-state index contributed by atoms with van der Waals surface area (Å²) in [5, 5.41) is 12.5. The van der Waals surface area contributed by atoms with Gasteiger partial charge >= 0.3 is 35.5 Å². The molecule has 9 heteroatoms. The molecule has 0 aliphatic carbocycles. The summed E-state index contributed by atoms with van der Waals surface area (Å²) < 4.78 is 10.4. The Morgan fingerprint density at radius 1 is 1.24 bits per heavy atom. The number of ether oxygens (including phenoxy) is 2. The molecular formula is C20H18ClN2NaO5. The van der Waals surface area contributed by atoms with E-state index in [4.69, 9.17) is 21.1 Å². The fourth-order valence-corrected chi connectivity index (χ4v) is 2.83. The Labute approximate surface area is 195 Å². The van der Waals surface area contributed by atoms with E-state index in [1.54, 1.807) is 49.5 Å². The van der Waals surface area contributed by atoms with Crippen molar-refractivity contribution in [1.29, 1.82) is 0 Å². The molecular weight excluding hydrogens is 407 g/mol. The predicted octanol–water partition coefficient (Wildman–Crippen LogP) is -0.559. The van der Waals surface area contributed by atoms with Gasteiger partial charge < -0.3 is 19.5 Å². The average Bonchev–Trinajstić information content (AvgIpc) is 2.68. The number of esters is 1. The van der Waals surface area contributed by atoms with Gasteiger partial charge in [0.2, 0.25) is 5.88 Å². The molecule has 1 aliphatic heterocycles. The third-order valence-corrected chi connectivity index (χ3v) is 4.33. The van der Waals surface area contributed by atoms with Gasteiger partial charge in [0.25, 0.3) is 5.91 Å². The van der Waals surface area contributed by atoms with Crippen LogP contribution in [-0.2, 0) is 20.9 Å². The first kappa shape index (κ1) is 23.2. The van der Waals surface area contributed by atoms with Gasteiger partial charge in [-0.25, -0.2) is 9.78 Å². The molecule has 3 rings (SSSR count). The number of rotatable bonds is 6. The van der Waals surface area contributed by atoms with Gasteiger partial charge in [-0.1, -0.05) is 17.7 Å². The van der Waals surface area contributed by atoms with Gasteiger partial charge in [-0.3, -0.25) is 4.79 Å². The molecule has 0 fully saturated rings. The number of carbonyl (C=O) groups is 2. The molecule has 1 aromatic carbocycles. The first-order valence-corrected chi connectivity index (χ1v) is 9.10. The molecule has 1 aromatic heterocycles. The molecule has 0 radical (unpaired) electrons. The van der Waals surface area contributed by atoms with Crippen LogP contribution >= 0.6 is 11.6 Å². The molecule has 0 saturated heterocycles. The second kappa shape index (κ2) is 10.6. The quantitative estimate of drug-likeness (QED) is 0.351. The Morgan fingerprint density at radius 2 is 1.97 bits per heavy atom. The van der Waals surface area contributed by atoms with E-state index in [2.05, 4.69) is 4.98 Å². The molecule has 0 N–H and O–H groups in total. The van der Waals surface area contributed by atoms with E-state index in [0.29, 0.717) is 16.7 Å². The van der Waals surface area contributed by atoms with Crippen molar-refractivity contribution in [2.24, 2.45) is 0 Å². The van der Waals surface area contributed by atoms with Gasteiger partial charge in [-0.05, 0) is 43.2 Å². The Morgan fingerprint density at radius 3 is 2.59 bits per heavy atom. The largest absolute Gasteiger partial charge is 1.00 e. The summed E-state index contributed by atoms with van der Waals surface area (Å²) in [6.45, 7) is 2.18. The van der Waals surface area contributed by atoms with Crippen LogP contribution in [0.15, 0.2) is 53.9 Å². The summed E-state index contributed by atoms with van der Waals surface area (Å²) in [6.07, 6.45) is 1.67. The third kappa shape index (κ3) is 5.96. The van der Waals surface area contributed by atoms with E-state index in [1.807, 2.05) is 0 Å². The van der Waals surface area contributed by atoms with Crippen molar-refractivity contribution in [2.75, 3.05) is 13.2 Å². The molecule has 29 heavy (non-hydrogen) atoms. The van der Waals surface area contributed by atoms with Gasteiger partial charge in [-0.15, -0.1) is 5.76 Å². The standard InChI is InChI=1S/C20H19ClN2O5.Na/c1-2-27-20(26)18-16(24)9-10-23(19(18)25)12-13-3-8-17(22-11-13)28-15-6-4-14(21)5-7-15;/h3-8,11,24H,2,9-10,12H2,1H3;/q;+1/p-1. The van der Waals surface area contributed by atoms with E-state index >= 15 is 0 Å². The van der Waals surface area contributed by atoms with Crippen LogP contribution in [-0.4, -0.2) is 34.9 Å². The number of halogens is 1. The number of amides is 1. The van der Waals surface area contributed by atoms with Gasteiger partial charge in [0.15, 0.2) is 0 Å². The zero-order chi connectivity index (χ0) is 20.1. The molecule has 0 saturated carbocycles. The summed E-state index contributed by atoms with van der Waals surface area (Å²) in [7, 11) is 0. The Hall–Kier alpha value is -2.06. The summed E-state index contributed by atoms with van der Waals surface area (Å²) in [4.78, 5) is 30.1. The summed E-state index contributed by atoms with van der Waals surface area (Å²) in [5.74, 6) is -0.971. The van der Waals surface area contributed by atoms with Crippen LogP contribution in [0.4, 0.5) is 0 Å². The minimum absolute atomic E-state index is 0. The monoisotopic (exact) mass is 424 g/mol. The maximum atomic E-state index is 12.5. The molecule has 2 aromatic rings. The molecule has 1 amide bonds. The molecule has 0 spiro atoms. The second-order valence-electron chi connectivity index (χ2n) is 6.06. The van der Waals surface area contributed by atoms with Crippen LogP contribution in [0.5, 0.6) is 11.6 Å². The molecule has 0 unspecified atom stereocenters. The van der Waals surface area contributed by atoms with Gasteiger partial charge in [0, 0.05) is 30.4 Å². The van der Waals surface area contributed by atoms with Crippen molar-refractivity contribution in [3.05, 3.63) is 64.5 Å². The Kier molecular flexibility index (Phi) is 8.52. The summed E-state index contributed by atoms with van der Waals surface area (Å²) >= 11 is 5.84. The van der Waals surface area contributed by atoms with E-state index in [0.717, 1.165) is 5.56 Å². The van der Waals surface area contributed by atoms with E-state index in [1.165, 1.54) is 4.90 Å². The maximum absolute atomic E-state index is 12.5. The van der Waals surface area contributed by atoms with Crippen LogP contribution < -0.4 is 39.4 Å². The number of aromatic nitrogens is 1. The van der Waals surface area contributed by atoms with Crippen LogP contribution in [0.1, 0.15) is 18.9 Å². The molecule has 2 heterocycles. The molecule has 1 aliphatic rings. The van der Waals surface area contributed by atoms with Crippen molar-refractivity contribution in [1.82, 2.24) is 9.88 Å². The number of hydrogen-bond acceptors (Lipinski definition) is 6. The van der Waals surface area contributed by atoms with Crippen molar-refractivity contribution in [3.8, 4) is 11.6 Å². The van der Waals surface area contributed by atoms with Crippen LogP contribution in [0.3, 0.4) is 0 Å². The van der Waals surface area contributed by atoms with Crippen LogP contribution in [0, 0.1) is 0 Å². The number of hydrogen-bond donors (Lipinski definition) is 0. The zero-order valence-electron chi connectivity index (χ0n) is 16.2. The fraction of sp³-hybridized carbons (Fsp3) is 0.250. The summed E-state index contributed by atoms with van der Waals surface area (Å²) in [6, 6.07) is 10.3. The van der Waals surface area contributed by atoms with E-state index in [-0.39, 0.29) is 55.7 Å². The topological polar surface area (TPSA) is 91.8 Å². The zero-order valence-corrected chi connectivity index (χ0v) is 18.9. The van der Waals surface area contributed by atoms with Crippen LogP contribution in [0.2, 0.25) is 5.02 Å². The second-order valence-corrected chi connectivity index (χ2v) is 6.49. The van der Waals surface area contributed by atoms with E-state index < -0.39 is 23.2 Å². The Bertz CT molecular complexity index is 900. The van der Waals surface area contributed by atoms with Crippen molar-refractivity contribution in [2.45, 2.75) is 19.9 Å². The van der Waals surface area contributed by atoms with E-state index in [9.17, 15) is 14.7 Å². The molecule has 0 bridgehead atoms. The first-order valence-electron chi connectivity index (χ1n) is 8.73. The molecule has 7 nitrogen and oxygen atoms in total. The number of carbonyl (C=O) groups excluding carboxylic acids is 2. The number of pyridine rings is 1. The normalized spacial score (nSPS) is 13.7. The first-order chi connectivity index (χ1) is 13.5. The number of benzene rings is 1. The van der Waals surface area contributed by atoms with Crippen molar-refractivity contribution >= 4 is 23.5 Å². The minimum atomic E-state index is -0.868. The van der Waals surface area contributed by atoms with Gasteiger partial charge in [-0.2, -0.15) is 0 Å². The minimum Gasteiger partial charge on any atom is -0.875 e. The number of nitrogens with zero attached hydrogens (tertiary/aromatic N) is 2. The SMILES string of the molecule is CCOC(=O)C1=C([O-])CCN(Cc2ccc(Oc3ccc(Cl)cc3)nc2)C1=O.[Na+]. The summed E-state index contributed by atoms with van der Waals surface area (Å²) in [5.41, 5.74) is 0.332. The smallest absolute Gasteiger partial charge is 0.875 e. The van der Waals surface area contributed by atoms with Gasteiger partial charge in [0.1, 0.15) is 11.3 Å².